The monoisotopic (exact) mass is 240 g/mol. The lowest BCUT2D eigenvalue weighted by atomic mass is 10.2. The molecule has 2 aromatic rings. The van der Waals surface area contributed by atoms with E-state index in [9.17, 15) is 4.79 Å². The molecule has 2 N–H and O–H groups in total. The smallest absolute Gasteiger partial charge is 0.355 e. The number of carbonyl (C=O) groups is 1. The van der Waals surface area contributed by atoms with Crippen molar-refractivity contribution in [2.75, 3.05) is 12.8 Å². The normalized spacial score (nSPS) is 9.88. The quantitative estimate of drug-likeness (QED) is 0.776. The number of pyridine rings is 1. The molecule has 0 spiro atoms. The first-order valence-corrected chi connectivity index (χ1v) is 4.60. The van der Waals surface area contributed by atoms with Crippen LogP contribution in [0.25, 0.3) is 5.52 Å². The van der Waals surface area contributed by atoms with Gasteiger partial charge < -0.3 is 14.9 Å². The zero-order valence-corrected chi connectivity index (χ0v) is 9.88. The zero-order chi connectivity index (χ0) is 11.0. The molecule has 5 heteroatoms. The van der Waals surface area contributed by atoms with Crippen molar-refractivity contribution in [3.05, 3.63) is 35.7 Å². The van der Waals surface area contributed by atoms with E-state index in [0.717, 1.165) is 11.1 Å². The van der Waals surface area contributed by atoms with Gasteiger partial charge in [0.05, 0.1) is 18.3 Å². The molecule has 0 amide bonds. The van der Waals surface area contributed by atoms with Crippen LogP contribution in [0.4, 0.5) is 5.69 Å². The second kappa shape index (κ2) is 4.45. The number of rotatable bonds is 1. The summed E-state index contributed by atoms with van der Waals surface area (Å²) in [5.74, 6) is -0.370. The Morgan fingerprint density at radius 2 is 2.12 bits per heavy atom. The Hall–Kier alpha value is -1.68. The fourth-order valence-electron chi connectivity index (χ4n) is 1.71. The van der Waals surface area contributed by atoms with E-state index >= 15 is 0 Å². The van der Waals surface area contributed by atoms with Crippen molar-refractivity contribution < 1.29 is 9.53 Å². The lowest BCUT2D eigenvalue weighted by Gasteiger charge is -2.00. The standard InChI is InChI=1S/C11H12N2O2.ClH/c1-7-9(12)8-5-3-4-6-13(8)10(7)11(14)15-2;/h3-6H,12H2,1-2H3;1H. The lowest BCUT2D eigenvalue weighted by Crippen LogP contribution is -2.06. The van der Waals surface area contributed by atoms with E-state index in [1.54, 1.807) is 10.6 Å². The molecule has 2 rings (SSSR count). The second-order valence-electron chi connectivity index (χ2n) is 3.33. The molecule has 0 atom stereocenters. The highest BCUT2D eigenvalue weighted by molar-refractivity contribution is 5.95. The van der Waals surface area contributed by atoms with Gasteiger partial charge >= 0.3 is 5.97 Å². The summed E-state index contributed by atoms with van der Waals surface area (Å²) in [6, 6.07) is 5.60. The summed E-state index contributed by atoms with van der Waals surface area (Å²) < 4.78 is 6.47. The fourth-order valence-corrected chi connectivity index (χ4v) is 1.71. The number of aromatic nitrogens is 1. The third-order valence-corrected chi connectivity index (χ3v) is 2.51. The Morgan fingerprint density at radius 1 is 1.44 bits per heavy atom. The van der Waals surface area contributed by atoms with E-state index in [-0.39, 0.29) is 18.4 Å². The number of hydrogen-bond acceptors (Lipinski definition) is 3. The molecular weight excluding hydrogens is 228 g/mol. The maximum atomic E-state index is 11.6. The van der Waals surface area contributed by atoms with Gasteiger partial charge in [-0.1, -0.05) is 6.07 Å². The third-order valence-electron chi connectivity index (χ3n) is 2.51. The SMILES string of the molecule is COC(=O)c1c(C)c(N)c2ccccn12.Cl. The molecule has 0 aliphatic carbocycles. The first-order chi connectivity index (χ1) is 7.16. The van der Waals surface area contributed by atoms with Crippen LogP contribution in [-0.2, 0) is 4.74 Å². The molecule has 0 bridgehead atoms. The maximum absolute atomic E-state index is 11.6. The number of fused-ring (bicyclic) bond motifs is 1. The average Bonchev–Trinajstić information content (AvgIpc) is 2.52. The Morgan fingerprint density at radius 3 is 2.75 bits per heavy atom. The number of ether oxygens (including phenoxy) is 1. The number of methoxy groups -OCH3 is 1. The summed E-state index contributed by atoms with van der Waals surface area (Å²) in [6.45, 7) is 1.81. The van der Waals surface area contributed by atoms with Crippen LogP contribution in [0.3, 0.4) is 0 Å². The Balaban J connectivity index is 0.00000128. The molecule has 86 valence electrons. The summed E-state index contributed by atoms with van der Waals surface area (Å²) in [7, 11) is 1.36. The highest BCUT2D eigenvalue weighted by Gasteiger charge is 2.18. The molecule has 0 aliphatic heterocycles. The van der Waals surface area contributed by atoms with Crippen molar-refractivity contribution in [3.8, 4) is 0 Å². The number of halogens is 1. The largest absolute Gasteiger partial charge is 0.464 e. The van der Waals surface area contributed by atoms with Gasteiger partial charge in [0.25, 0.3) is 0 Å². The van der Waals surface area contributed by atoms with Crippen LogP contribution in [0.1, 0.15) is 16.1 Å². The van der Waals surface area contributed by atoms with Gasteiger partial charge in [0.2, 0.25) is 0 Å². The average molecular weight is 241 g/mol. The van der Waals surface area contributed by atoms with Gasteiger partial charge in [-0.05, 0) is 19.1 Å². The van der Waals surface area contributed by atoms with Crippen LogP contribution in [0.5, 0.6) is 0 Å². The van der Waals surface area contributed by atoms with Crippen LogP contribution in [0, 0.1) is 6.92 Å². The van der Waals surface area contributed by atoms with Crippen molar-refractivity contribution in [2.45, 2.75) is 6.92 Å². The molecule has 0 radical (unpaired) electrons. The van der Waals surface area contributed by atoms with E-state index in [1.165, 1.54) is 7.11 Å². The van der Waals surface area contributed by atoms with Crippen molar-refractivity contribution >= 4 is 29.6 Å². The van der Waals surface area contributed by atoms with Crippen molar-refractivity contribution in [2.24, 2.45) is 0 Å². The second-order valence-corrected chi connectivity index (χ2v) is 3.33. The number of nitrogens with zero attached hydrogens (tertiary/aromatic N) is 1. The molecule has 0 saturated heterocycles. The van der Waals surface area contributed by atoms with Gasteiger partial charge in [-0.3, -0.25) is 0 Å². The number of carbonyl (C=O) groups excluding carboxylic acids is 1. The van der Waals surface area contributed by atoms with Gasteiger partial charge in [0.1, 0.15) is 5.69 Å². The molecule has 0 aliphatic rings. The van der Waals surface area contributed by atoms with Crippen LogP contribution >= 0.6 is 12.4 Å². The molecular formula is C11H13ClN2O2. The zero-order valence-electron chi connectivity index (χ0n) is 9.06. The van der Waals surface area contributed by atoms with E-state index < -0.39 is 0 Å². The first-order valence-electron chi connectivity index (χ1n) is 4.60. The van der Waals surface area contributed by atoms with E-state index in [4.69, 9.17) is 10.5 Å². The molecule has 0 saturated carbocycles. The predicted molar refractivity (Wildman–Crippen MR) is 65.1 cm³/mol. The summed E-state index contributed by atoms with van der Waals surface area (Å²) in [5, 5.41) is 0. The van der Waals surface area contributed by atoms with Crippen LogP contribution in [0.15, 0.2) is 24.4 Å². The summed E-state index contributed by atoms with van der Waals surface area (Å²) >= 11 is 0. The van der Waals surface area contributed by atoms with Gasteiger partial charge in [-0.2, -0.15) is 0 Å². The molecule has 4 nitrogen and oxygen atoms in total. The number of anilines is 1. The molecule has 16 heavy (non-hydrogen) atoms. The van der Waals surface area contributed by atoms with Gasteiger partial charge in [-0.25, -0.2) is 4.79 Å². The summed E-state index contributed by atoms with van der Waals surface area (Å²) in [5.41, 5.74) is 8.60. The summed E-state index contributed by atoms with van der Waals surface area (Å²) in [6.07, 6.45) is 1.80. The minimum atomic E-state index is -0.370. The maximum Gasteiger partial charge on any atom is 0.355 e. The van der Waals surface area contributed by atoms with Crippen molar-refractivity contribution in [1.29, 1.82) is 0 Å². The highest BCUT2D eigenvalue weighted by Crippen LogP contribution is 2.25. The van der Waals surface area contributed by atoms with Gasteiger partial charge in [0, 0.05) is 11.8 Å². The number of nitrogens with two attached hydrogens (primary N) is 1. The number of esters is 1. The molecule has 2 heterocycles. The van der Waals surface area contributed by atoms with E-state index in [0.29, 0.717) is 11.4 Å². The van der Waals surface area contributed by atoms with Crippen molar-refractivity contribution in [3.63, 3.8) is 0 Å². The van der Waals surface area contributed by atoms with Crippen LogP contribution in [-0.4, -0.2) is 17.5 Å². The Bertz CT molecular complexity index is 534. The first kappa shape index (κ1) is 12.4. The van der Waals surface area contributed by atoms with Gasteiger partial charge in [0.15, 0.2) is 0 Å². The molecule has 0 fully saturated rings. The van der Waals surface area contributed by atoms with E-state index in [1.807, 2.05) is 25.1 Å². The lowest BCUT2D eigenvalue weighted by molar-refractivity contribution is 0.0592. The topological polar surface area (TPSA) is 56.7 Å². The van der Waals surface area contributed by atoms with Crippen LogP contribution < -0.4 is 5.73 Å². The van der Waals surface area contributed by atoms with Crippen LogP contribution in [0.2, 0.25) is 0 Å². The minimum absolute atomic E-state index is 0. The van der Waals surface area contributed by atoms with Gasteiger partial charge in [-0.15, -0.1) is 12.4 Å². The highest BCUT2D eigenvalue weighted by atomic mass is 35.5. The summed E-state index contributed by atoms with van der Waals surface area (Å²) in [4.78, 5) is 11.6. The predicted octanol–water partition coefficient (Wildman–Crippen LogP) is 2.04. The molecule has 2 aromatic heterocycles. The number of hydrogen-bond donors (Lipinski definition) is 1. The minimum Gasteiger partial charge on any atom is -0.464 e. The molecule has 0 aromatic carbocycles. The number of nitrogen functional groups attached to an aromatic ring is 1. The van der Waals surface area contributed by atoms with E-state index in [2.05, 4.69) is 0 Å². The fraction of sp³-hybridized carbons (Fsp3) is 0.182. The Kier molecular flexibility index (Phi) is 3.44. The molecule has 0 unspecified atom stereocenters. The third kappa shape index (κ3) is 1.61. The van der Waals surface area contributed by atoms with Crippen molar-refractivity contribution in [1.82, 2.24) is 4.40 Å². The Labute approximate surface area is 99.4 Å².